The first kappa shape index (κ1) is 14.7. The number of ether oxygens (including phenoxy) is 2. The van der Waals surface area contributed by atoms with Crippen molar-refractivity contribution in [3.63, 3.8) is 0 Å². The Balaban J connectivity index is 1.98. The molecule has 0 aliphatic carbocycles. The van der Waals surface area contributed by atoms with Crippen LogP contribution in [-0.2, 0) is 16.1 Å². The molecule has 1 atom stereocenters. The van der Waals surface area contributed by atoms with E-state index >= 15 is 0 Å². The standard InChI is InChI=1S/C14H20N2O4/c1-2-15-14-4-3-13(16(17)18)7-12(14)10-20-9-11-5-6-19-8-11/h3-4,7,11,15H,2,5-6,8-10H2,1H3. The highest BCUT2D eigenvalue weighted by Crippen LogP contribution is 2.23. The van der Waals surface area contributed by atoms with E-state index < -0.39 is 0 Å². The van der Waals surface area contributed by atoms with Gasteiger partial charge in [0.15, 0.2) is 0 Å². The molecule has 1 unspecified atom stereocenters. The molecule has 2 rings (SSSR count). The summed E-state index contributed by atoms with van der Waals surface area (Å²) < 4.78 is 11.0. The van der Waals surface area contributed by atoms with Gasteiger partial charge in [-0.2, -0.15) is 0 Å². The highest BCUT2D eigenvalue weighted by molar-refractivity contribution is 5.55. The van der Waals surface area contributed by atoms with E-state index in [2.05, 4.69) is 5.32 Å². The lowest BCUT2D eigenvalue weighted by Crippen LogP contribution is -2.10. The summed E-state index contributed by atoms with van der Waals surface area (Å²) in [5.74, 6) is 0.441. The predicted molar refractivity (Wildman–Crippen MR) is 75.8 cm³/mol. The number of hydrogen-bond donors (Lipinski definition) is 1. The second-order valence-corrected chi connectivity index (χ2v) is 4.87. The normalized spacial score (nSPS) is 18.1. The van der Waals surface area contributed by atoms with Crippen molar-refractivity contribution >= 4 is 11.4 Å². The first-order valence-corrected chi connectivity index (χ1v) is 6.87. The molecular weight excluding hydrogens is 260 g/mol. The molecule has 6 nitrogen and oxygen atoms in total. The maximum absolute atomic E-state index is 10.8. The summed E-state index contributed by atoms with van der Waals surface area (Å²) in [4.78, 5) is 10.4. The van der Waals surface area contributed by atoms with Crippen LogP contribution in [0.1, 0.15) is 18.9 Å². The molecule has 6 heteroatoms. The maximum atomic E-state index is 10.8. The molecule has 0 spiro atoms. The fourth-order valence-corrected chi connectivity index (χ4v) is 2.23. The Hall–Kier alpha value is -1.66. The van der Waals surface area contributed by atoms with Crippen molar-refractivity contribution in [2.75, 3.05) is 31.7 Å². The second kappa shape index (κ2) is 7.21. The summed E-state index contributed by atoms with van der Waals surface area (Å²) in [5, 5.41) is 14.0. The largest absolute Gasteiger partial charge is 0.385 e. The van der Waals surface area contributed by atoms with Crippen LogP contribution in [0.4, 0.5) is 11.4 Å². The van der Waals surface area contributed by atoms with Gasteiger partial charge in [-0.25, -0.2) is 0 Å². The van der Waals surface area contributed by atoms with Crippen molar-refractivity contribution in [3.05, 3.63) is 33.9 Å². The van der Waals surface area contributed by atoms with Crippen LogP contribution in [0.2, 0.25) is 0 Å². The van der Waals surface area contributed by atoms with Crippen LogP contribution >= 0.6 is 0 Å². The van der Waals surface area contributed by atoms with Gasteiger partial charge in [0.05, 0.1) is 24.7 Å². The van der Waals surface area contributed by atoms with Gasteiger partial charge < -0.3 is 14.8 Å². The number of anilines is 1. The third-order valence-corrected chi connectivity index (χ3v) is 3.30. The molecule has 1 aromatic rings. The van der Waals surface area contributed by atoms with E-state index in [4.69, 9.17) is 9.47 Å². The average molecular weight is 280 g/mol. The van der Waals surface area contributed by atoms with Crippen LogP contribution in [0.3, 0.4) is 0 Å². The molecule has 1 aromatic carbocycles. The Bertz CT molecular complexity index is 458. The van der Waals surface area contributed by atoms with Crippen molar-refractivity contribution in [1.29, 1.82) is 0 Å². The van der Waals surface area contributed by atoms with E-state index in [1.165, 1.54) is 6.07 Å². The van der Waals surface area contributed by atoms with Crippen LogP contribution in [0, 0.1) is 16.0 Å². The Kier molecular flexibility index (Phi) is 5.31. The van der Waals surface area contributed by atoms with Gasteiger partial charge in [0.25, 0.3) is 5.69 Å². The van der Waals surface area contributed by atoms with E-state index in [0.29, 0.717) is 19.1 Å². The predicted octanol–water partition coefficient (Wildman–Crippen LogP) is 2.58. The second-order valence-electron chi connectivity index (χ2n) is 4.87. The van der Waals surface area contributed by atoms with Crippen LogP contribution in [0.5, 0.6) is 0 Å². The number of nitrogens with zero attached hydrogens (tertiary/aromatic N) is 1. The minimum atomic E-state index is -0.385. The Morgan fingerprint density at radius 3 is 3.05 bits per heavy atom. The lowest BCUT2D eigenvalue weighted by atomic mass is 10.1. The van der Waals surface area contributed by atoms with Gasteiger partial charge in [-0.1, -0.05) is 0 Å². The van der Waals surface area contributed by atoms with Gasteiger partial charge in [0.2, 0.25) is 0 Å². The quantitative estimate of drug-likeness (QED) is 0.614. The molecule has 1 heterocycles. The summed E-state index contributed by atoms with van der Waals surface area (Å²) in [5.41, 5.74) is 1.80. The van der Waals surface area contributed by atoms with Crippen molar-refractivity contribution in [3.8, 4) is 0 Å². The van der Waals surface area contributed by atoms with Crippen LogP contribution in [-0.4, -0.2) is 31.3 Å². The van der Waals surface area contributed by atoms with E-state index in [-0.39, 0.29) is 10.6 Å². The number of nitrogens with one attached hydrogen (secondary N) is 1. The number of non-ortho nitro benzene ring substituents is 1. The van der Waals surface area contributed by atoms with Gasteiger partial charge >= 0.3 is 0 Å². The smallest absolute Gasteiger partial charge is 0.269 e. The molecule has 1 aliphatic rings. The molecule has 1 fully saturated rings. The SMILES string of the molecule is CCNc1ccc([N+](=O)[O-])cc1COCC1CCOC1. The zero-order valence-corrected chi connectivity index (χ0v) is 11.6. The first-order valence-electron chi connectivity index (χ1n) is 6.87. The summed E-state index contributed by atoms with van der Waals surface area (Å²) in [7, 11) is 0. The molecule has 1 saturated heterocycles. The number of nitro benzene ring substituents is 1. The van der Waals surface area contributed by atoms with Gasteiger partial charge in [0.1, 0.15) is 0 Å². The van der Waals surface area contributed by atoms with Gasteiger partial charge in [-0.15, -0.1) is 0 Å². The van der Waals surface area contributed by atoms with Crippen LogP contribution in [0.25, 0.3) is 0 Å². The lowest BCUT2D eigenvalue weighted by Gasteiger charge is -2.13. The highest BCUT2D eigenvalue weighted by Gasteiger charge is 2.16. The molecule has 1 N–H and O–H groups in total. The molecule has 0 aromatic heterocycles. The average Bonchev–Trinajstić information content (AvgIpc) is 2.93. The van der Waals surface area contributed by atoms with Crippen molar-refractivity contribution in [1.82, 2.24) is 0 Å². The summed E-state index contributed by atoms with van der Waals surface area (Å²) in [6.45, 7) is 5.31. The minimum Gasteiger partial charge on any atom is -0.385 e. The van der Waals surface area contributed by atoms with E-state index in [1.54, 1.807) is 12.1 Å². The zero-order valence-electron chi connectivity index (χ0n) is 11.6. The van der Waals surface area contributed by atoms with Crippen LogP contribution < -0.4 is 5.32 Å². The molecular formula is C14H20N2O4. The fourth-order valence-electron chi connectivity index (χ4n) is 2.23. The maximum Gasteiger partial charge on any atom is 0.269 e. The van der Waals surface area contributed by atoms with E-state index in [9.17, 15) is 10.1 Å². The molecule has 110 valence electrons. The molecule has 0 bridgehead atoms. The van der Waals surface area contributed by atoms with Gasteiger partial charge in [0, 0.05) is 42.5 Å². The summed E-state index contributed by atoms with van der Waals surface area (Å²) in [6.07, 6.45) is 1.02. The van der Waals surface area contributed by atoms with Crippen molar-refractivity contribution in [2.24, 2.45) is 5.92 Å². The monoisotopic (exact) mass is 280 g/mol. The van der Waals surface area contributed by atoms with E-state index in [1.807, 2.05) is 6.92 Å². The number of hydrogen-bond acceptors (Lipinski definition) is 5. The van der Waals surface area contributed by atoms with Crippen molar-refractivity contribution < 1.29 is 14.4 Å². The lowest BCUT2D eigenvalue weighted by molar-refractivity contribution is -0.384. The van der Waals surface area contributed by atoms with Crippen LogP contribution in [0.15, 0.2) is 18.2 Å². The number of benzene rings is 1. The van der Waals surface area contributed by atoms with Crippen molar-refractivity contribution in [2.45, 2.75) is 20.0 Å². The van der Waals surface area contributed by atoms with E-state index in [0.717, 1.165) is 37.4 Å². The Labute approximate surface area is 118 Å². The van der Waals surface area contributed by atoms with Gasteiger partial charge in [-0.3, -0.25) is 10.1 Å². The zero-order chi connectivity index (χ0) is 14.4. The molecule has 0 amide bonds. The molecule has 0 radical (unpaired) electrons. The third-order valence-electron chi connectivity index (χ3n) is 3.30. The van der Waals surface area contributed by atoms with Gasteiger partial charge in [-0.05, 0) is 19.4 Å². The minimum absolute atomic E-state index is 0.0921. The fraction of sp³-hybridized carbons (Fsp3) is 0.571. The number of rotatable bonds is 7. The summed E-state index contributed by atoms with van der Waals surface area (Å²) in [6, 6.07) is 4.81. The Morgan fingerprint density at radius 2 is 2.40 bits per heavy atom. The first-order chi connectivity index (χ1) is 9.70. The number of nitro groups is 1. The highest BCUT2D eigenvalue weighted by atomic mass is 16.6. The third kappa shape index (κ3) is 3.91. The molecule has 0 saturated carbocycles. The Morgan fingerprint density at radius 1 is 1.55 bits per heavy atom. The topological polar surface area (TPSA) is 73.6 Å². The summed E-state index contributed by atoms with van der Waals surface area (Å²) >= 11 is 0. The molecule has 20 heavy (non-hydrogen) atoms. The molecule has 1 aliphatic heterocycles.